The van der Waals surface area contributed by atoms with Crippen LogP contribution in [0.3, 0.4) is 0 Å². The van der Waals surface area contributed by atoms with Crippen LogP contribution >= 0.6 is 23.4 Å². The van der Waals surface area contributed by atoms with Crippen LogP contribution in [0, 0.1) is 5.82 Å². The molecule has 0 fully saturated rings. The summed E-state index contributed by atoms with van der Waals surface area (Å²) in [6, 6.07) is 22.7. The van der Waals surface area contributed by atoms with Gasteiger partial charge < -0.3 is 10.2 Å². The van der Waals surface area contributed by atoms with Gasteiger partial charge in [0.15, 0.2) is 0 Å². The average molecular weight is 541 g/mol. The molecule has 0 spiro atoms. The van der Waals surface area contributed by atoms with E-state index in [2.05, 4.69) is 5.32 Å². The molecule has 0 heterocycles. The standard InChI is InChI=1S/C30H34ClFN2O2S/c1-3-22(2)33-30(36)28(20-23-8-5-4-6-9-23)34(21-24-11-15-26(32)16-12-24)29(35)10-7-19-37-27-17-13-25(31)14-18-27/h4-6,8-9,11-18,22,28H,3,7,10,19-21H2,1-2H3,(H,33,36)/t22-,28+/m0/s1. The second-order valence-corrected chi connectivity index (χ2v) is 10.7. The summed E-state index contributed by atoms with van der Waals surface area (Å²) in [5.41, 5.74) is 1.75. The lowest BCUT2D eigenvalue weighted by molar-refractivity contribution is -0.141. The van der Waals surface area contributed by atoms with Gasteiger partial charge in [-0.1, -0.05) is 61.0 Å². The molecule has 0 saturated carbocycles. The number of carbonyl (C=O) groups excluding carboxylic acids is 2. The molecule has 0 aliphatic carbocycles. The maximum atomic E-state index is 13.6. The zero-order valence-electron chi connectivity index (χ0n) is 21.3. The third-order valence-electron chi connectivity index (χ3n) is 6.16. The zero-order valence-corrected chi connectivity index (χ0v) is 22.9. The molecule has 0 aromatic heterocycles. The van der Waals surface area contributed by atoms with E-state index in [0.717, 1.165) is 28.2 Å². The largest absolute Gasteiger partial charge is 0.352 e. The van der Waals surface area contributed by atoms with Crippen molar-refractivity contribution in [3.63, 3.8) is 0 Å². The molecule has 0 radical (unpaired) electrons. The Morgan fingerprint density at radius 2 is 1.65 bits per heavy atom. The number of thioether (sulfide) groups is 1. The molecular formula is C30H34ClFN2O2S. The number of hydrogen-bond donors (Lipinski definition) is 1. The van der Waals surface area contributed by atoms with Crippen LogP contribution in [0.1, 0.15) is 44.2 Å². The van der Waals surface area contributed by atoms with Crippen LogP contribution in [0.15, 0.2) is 83.8 Å². The fraction of sp³-hybridized carbons (Fsp3) is 0.333. The van der Waals surface area contributed by atoms with Crippen molar-refractivity contribution in [1.29, 1.82) is 0 Å². The summed E-state index contributed by atoms with van der Waals surface area (Å²) in [7, 11) is 0. The maximum Gasteiger partial charge on any atom is 0.243 e. The molecular weight excluding hydrogens is 507 g/mol. The van der Waals surface area contributed by atoms with Crippen LogP contribution in [-0.2, 0) is 22.6 Å². The molecule has 37 heavy (non-hydrogen) atoms. The van der Waals surface area contributed by atoms with Gasteiger partial charge in [-0.2, -0.15) is 0 Å². The number of amides is 2. The van der Waals surface area contributed by atoms with Gasteiger partial charge in [0.1, 0.15) is 11.9 Å². The van der Waals surface area contributed by atoms with Crippen molar-refractivity contribution in [1.82, 2.24) is 10.2 Å². The van der Waals surface area contributed by atoms with Crippen LogP contribution in [0.5, 0.6) is 0 Å². The first-order chi connectivity index (χ1) is 17.9. The van der Waals surface area contributed by atoms with Gasteiger partial charge in [0.25, 0.3) is 0 Å². The first-order valence-corrected chi connectivity index (χ1v) is 14.0. The molecule has 3 aromatic rings. The lowest BCUT2D eigenvalue weighted by atomic mass is 10.0. The highest BCUT2D eigenvalue weighted by molar-refractivity contribution is 7.99. The molecule has 7 heteroatoms. The van der Waals surface area contributed by atoms with Gasteiger partial charge in [0.2, 0.25) is 11.8 Å². The number of hydrogen-bond acceptors (Lipinski definition) is 3. The number of carbonyl (C=O) groups is 2. The third-order valence-corrected chi connectivity index (χ3v) is 7.51. The van der Waals surface area contributed by atoms with E-state index in [1.165, 1.54) is 12.1 Å². The number of halogens is 2. The lowest BCUT2D eigenvalue weighted by Crippen LogP contribution is -2.52. The molecule has 196 valence electrons. The summed E-state index contributed by atoms with van der Waals surface area (Å²) >= 11 is 7.63. The minimum atomic E-state index is -0.683. The predicted octanol–water partition coefficient (Wildman–Crippen LogP) is 6.91. The van der Waals surface area contributed by atoms with Gasteiger partial charge in [-0.3, -0.25) is 9.59 Å². The molecule has 0 bridgehead atoms. The van der Waals surface area contributed by atoms with E-state index in [1.807, 2.05) is 68.4 Å². The molecule has 3 aromatic carbocycles. The predicted molar refractivity (Wildman–Crippen MR) is 150 cm³/mol. The number of nitrogens with zero attached hydrogens (tertiary/aromatic N) is 1. The summed E-state index contributed by atoms with van der Waals surface area (Å²) in [4.78, 5) is 29.8. The summed E-state index contributed by atoms with van der Waals surface area (Å²) in [5, 5.41) is 3.76. The van der Waals surface area contributed by atoms with Gasteiger partial charge >= 0.3 is 0 Å². The lowest BCUT2D eigenvalue weighted by Gasteiger charge is -2.32. The Morgan fingerprint density at radius 1 is 0.973 bits per heavy atom. The minimum absolute atomic E-state index is 0.00989. The van der Waals surface area contributed by atoms with Gasteiger partial charge in [0.05, 0.1) is 0 Å². The highest BCUT2D eigenvalue weighted by atomic mass is 35.5. The first kappa shape index (κ1) is 28.7. The van der Waals surface area contributed by atoms with Crippen LogP contribution < -0.4 is 5.32 Å². The van der Waals surface area contributed by atoms with E-state index in [0.29, 0.717) is 24.3 Å². The number of rotatable bonds is 13. The fourth-order valence-electron chi connectivity index (χ4n) is 3.87. The van der Waals surface area contributed by atoms with E-state index in [1.54, 1.807) is 28.8 Å². The van der Waals surface area contributed by atoms with Crippen LogP contribution in [0.4, 0.5) is 4.39 Å². The quantitative estimate of drug-likeness (QED) is 0.189. The van der Waals surface area contributed by atoms with E-state index >= 15 is 0 Å². The zero-order chi connectivity index (χ0) is 26.6. The monoisotopic (exact) mass is 540 g/mol. The normalized spacial score (nSPS) is 12.5. The third kappa shape index (κ3) is 9.52. The molecule has 0 aliphatic rings. The molecule has 2 amide bonds. The summed E-state index contributed by atoms with van der Waals surface area (Å²) in [6.07, 6.45) is 2.16. The van der Waals surface area contributed by atoms with Gasteiger partial charge in [-0.05, 0) is 73.0 Å². The maximum absolute atomic E-state index is 13.6. The second-order valence-electron chi connectivity index (χ2n) is 9.08. The van der Waals surface area contributed by atoms with Crippen molar-refractivity contribution < 1.29 is 14.0 Å². The first-order valence-electron chi connectivity index (χ1n) is 12.6. The van der Waals surface area contributed by atoms with Crippen molar-refractivity contribution in [2.75, 3.05) is 5.75 Å². The highest BCUT2D eigenvalue weighted by Crippen LogP contribution is 2.22. The van der Waals surface area contributed by atoms with E-state index in [9.17, 15) is 14.0 Å². The Bertz CT molecular complexity index is 1130. The van der Waals surface area contributed by atoms with Gasteiger partial charge in [0, 0.05) is 35.3 Å². The molecule has 4 nitrogen and oxygen atoms in total. The molecule has 0 saturated heterocycles. The van der Waals surface area contributed by atoms with Crippen molar-refractivity contribution in [2.45, 2.75) is 63.1 Å². The second kappa shape index (κ2) is 14.8. The fourth-order valence-corrected chi connectivity index (χ4v) is 4.85. The van der Waals surface area contributed by atoms with E-state index < -0.39 is 6.04 Å². The minimum Gasteiger partial charge on any atom is -0.352 e. The Morgan fingerprint density at radius 3 is 2.30 bits per heavy atom. The molecule has 0 aliphatic heterocycles. The summed E-state index contributed by atoms with van der Waals surface area (Å²) in [6.45, 7) is 4.20. The Labute approximate surface area is 228 Å². The Balaban J connectivity index is 1.78. The molecule has 1 N–H and O–H groups in total. The SMILES string of the molecule is CC[C@H](C)NC(=O)[C@@H](Cc1ccccc1)N(Cc1ccc(F)cc1)C(=O)CCCSc1ccc(Cl)cc1. The van der Waals surface area contributed by atoms with Gasteiger partial charge in [-0.25, -0.2) is 4.39 Å². The molecule has 2 atom stereocenters. The molecule has 3 rings (SSSR count). The van der Waals surface area contributed by atoms with E-state index in [4.69, 9.17) is 11.6 Å². The smallest absolute Gasteiger partial charge is 0.243 e. The summed E-state index contributed by atoms with van der Waals surface area (Å²) < 4.78 is 13.6. The summed E-state index contributed by atoms with van der Waals surface area (Å²) in [5.74, 6) is 0.154. The van der Waals surface area contributed by atoms with Gasteiger partial charge in [-0.15, -0.1) is 11.8 Å². The van der Waals surface area contributed by atoms with Crippen molar-refractivity contribution in [2.24, 2.45) is 0 Å². The van der Waals surface area contributed by atoms with Crippen molar-refractivity contribution in [3.8, 4) is 0 Å². The van der Waals surface area contributed by atoms with Crippen LogP contribution in [0.2, 0.25) is 5.02 Å². The van der Waals surface area contributed by atoms with Crippen molar-refractivity contribution in [3.05, 3.63) is 101 Å². The van der Waals surface area contributed by atoms with Crippen LogP contribution in [-0.4, -0.2) is 34.6 Å². The van der Waals surface area contributed by atoms with Crippen molar-refractivity contribution >= 4 is 35.2 Å². The highest BCUT2D eigenvalue weighted by Gasteiger charge is 2.30. The van der Waals surface area contributed by atoms with Crippen LogP contribution in [0.25, 0.3) is 0 Å². The molecule has 0 unspecified atom stereocenters. The topological polar surface area (TPSA) is 49.4 Å². The Kier molecular flexibility index (Phi) is 11.5. The number of benzene rings is 3. The van der Waals surface area contributed by atoms with E-state index in [-0.39, 0.29) is 30.2 Å². The number of nitrogens with one attached hydrogen (secondary N) is 1. The average Bonchev–Trinajstić information content (AvgIpc) is 2.91. The Hall–Kier alpha value is -2.83.